The van der Waals surface area contributed by atoms with Gasteiger partial charge in [-0.05, 0) is 54.2 Å². The van der Waals surface area contributed by atoms with Gasteiger partial charge < -0.3 is 9.47 Å². The zero-order valence-corrected chi connectivity index (χ0v) is 21.0. The van der Waals surface area contributed by atoms with E-state index < -0.39 is 0 Å². The molecule has 0 aromatic heterocycles. The molecule has 1 saturated carbocycles. The van der Waals surface area contributed by atoms with Crippen molar-refractivity contribution >= 4 is 29.2 Å². The van der Waals surface area contributed by atoms with Crippen molar-refractivity contribution < 1.29 is 19.1 Å². The molecular formula is C29H35N3O4. The molecule has 2 fully saturated rings. The number of benzene rings is 2. The summed E-state index contributed by atoms with van der Waals surface area (Å²) in [5.41, 5.74) is 6.96. The van der Waals surface area contributed by atoms with Gasteiger partial charge in [0.15, 0.2) is 0 Å². The van der Waals surface area contributed by atoms with E-state index in [4.69, 9.17) is 9.47 Å². The summed E-state index contributed by atoms with van der Waals surface area (Å²) in [5.74, 6) is 0.919. The molecule has 0 atom stereocenters. The van der Waals surface area contributed by atoms with E-state index in [1.807, 2.05) is 36.4 Å². The lowest BCUT2D eigenvalue weighted by Crippen LogP contribution is -2.43. The lowest BCUT2D eigenvalue weighted by Gasteiger charge is -2.27. The molecule has 5 rings (SSSR count). The SMILES string of the molecule is CC(=O)NN1C(=O)C(=Cc2ccc(OCCN3CCOCC3)c(C3CCCCC3)c2)c2ccccc21. The molecule has 2 aromatic carbocycles. The topological polar surface area (TPSA) is 71.1 Å². The summed E-state index contributed by atoms with van der Waals surface area (Å²) in [5, 5.41) is 1.34. The van der Waals surface area contributed by atoms with E-state index in [1.165, 1.54) is 36.8 Å². The van der Waals surface area contributed by atoms with Crippen molar-refractivity contribution in [1.82, 2.24) is 10.3 Å². The number of nitrogens with zero attached hydrogens (tertiary/aromatic N) is 2. The van der Waals surface area contributed by atoms with E-state index in [9.17, 15) is 9.59 Å². The van der Waals surface area contributed by atoms with Crippen LogP contribution >= 0.6 is 0 Å². The quantitative estimate of drug-likeness (QED) is 0.585. The van der Waals surface area contributed by atoms with Crippen molar-refractivity contribution in [2.24, 2.45) is 0 Å². The maximum absolute atomic E-state index is 13.3. The number of hydrogen-bond acceptors (Lipinski definition) is 5. The fraction of sp³-hybridized carbons (Fsp3) is 0.448. The van der Waals surface area contributed by atoms with Crippen LogP contribution in [0.1, 0.15) is 61.6 Å². The minimum Gasteiger partial charge on any atom is -0.492 e. The lowest BCUT2D eigenvalue weighted by atomic mass is 9.83. The van der Waals surface area contributed by atoms with Gasteiger partial charge >= 0.3 is 0 Å². The molecule has 36 heavy (non-hydrogen) atoms. The number of nitrogens with one attached hydrogen (secondary N) is 1. The van der Waals surface area contributed by atoms with Gasteiger partial charge in [-0.1, -0.05) is 43.5 Å². The lowest BCUT2D eigenvalue weighted by molar-refractivity contribution is -0.122. The Morgan fingerprint density at radius 3 is 2.67 bits per heavy atom. The van der Waals surface area contributed by atoms with E-state index in [-0.39, 0.29) is 11.8 Å². The molecule has 0 radical (unpaired) electrons. The highest BCUT2D eigenvalue weighted by Gasteiger charge is 2.33. The number of fused-ring (bicyclic) bond motifs is 1. The molecule has 1 saturated heterocycles. The number of morpholine rings is 1. The summed E-state index contributed by atoms with van der Waals surface area (Å²) in [6.45, 7) is 6.44. The van der Waals surface area contributed by atoms with Crippen LogP contribution in [0.2, 0.25) is 0 Å². The summed E-state index contributed by atoms with van der Waals surface area (Å²) in [4.78, 5) is 27.4. The van der Waals surface area contributed by atoms with Gasteiger partial charge in [-0.15, -0.1) is 0 Å². The number of para-hydroxylation sites is 1. The van der Waals surface area contributed by atoms with Crippen LogP contribution in [0.3, 0.4) is 0 Å². The number of rotatable bonds is 7. The van der Waals surface area contributed by atoms with Crippen molar-refractivity contribution in [3.8, 4) is 5.75 Å². The maximum Gasteiger partial charge on any atom is 0.277 e. The zero-order valence-electron chi connectivity index (χ0n) is 21.0. The van der Waals surface area contributed by atoms with Gasteiger partial charge in [0.1, 0.15) is 12.4 Å². The van der Waals surface area contributed by atoms with Crippen LogP contribution in [0, 0.1) is 0 Å². The third-order valence-corrected chi connectivity index (χ3v) is 7.30. The highest BCUT2D eigenvalue weighted by molar-refractivity contribution is 6.36. The molecule has 3 aliphatic rings. The minimum atomic E-state index is -0.280. The van der Waals surface area contributed by atoms with Crippen molar-refractivity contribution in [2.75, 3.05) is 44.5 Å². The molecule has 2 amide bonds. The van der Waals surface area contributed by atoms with E-state index in [0.29, 0.717) is 23.8 Å². The summed E-state index contributed by atoms with van der Waals surface area (Å²) >= 11 is 0. The number of ether oxygens (including phenoxy) is 2. The van der Waals surface area contributed by atoms with E-state index in [0.717, 1.165) is 62.6 Å². The molecule has 2 aromatic rings. The Bertz CT molecular complexity index is 1130. The Balaban J connectivity index is 1.41. The standard InChI is InChI=1S/C29H35N3O4/c1-21(33)30-32-27-10-6-5-9-24(27)26(29(32)34)20-22-11-12-28(25(19-22)23-7-3-2-4-8-23)36-18-15-31-13-16-35-17-14-31/h5-6,9-12,19-20,23H,2-4,7-8,13-18H2,1H3,(H,30,33). The van der Waals surface area contributed by atoms with Gasteiger partial charge in [-0.25, -0.2) is 5.01 Å². The second-order valence-corrected chi connectivity index (χ2v) is 9.82. The van der Waals surface area contributed by atoms with Crippen molar-refractivity contribution in [1.29, 1.82) is 0 Å². The van der Waals surface area contributed by atoms with E-state index in [2.05, 4.69) is 22.5 Å². The number of carbonyl (C=O) groups is 2. The predicted octanol–water partition coefficient (Wildman–Crippen LogP) is 4.38. The monoisotopic (exact) mass is 489 g/mol. The highest BCUT2D eigenvalue weighted by atomic mass is 16.5. The normalized spacial score (nSPS) is 20.0. The largest absolute Gasteiger partial charge is 0.492 e. The van der Waals surface area contributed by atoms with Crippen molar-refractivity contribution in [3.63, 3.8) is 0 Å². The average molecular weight is 490 g/mol. The van der Waals surface area contributed by atoms with Crippen molar-refractivity contribution in [3.05, 3.63) is 59.2 Å². The summed E-state index contributed by atoms with van der Waals surface area (Å²) in [7, 11) is 0. The first-order valence-corrected chi connectivity index (χ1v) is 13.1. The molecule has 2 aliphatic heterocycles. The van der Waals surface area contributed by atoms with Crippen LogP contribution < -0.4 is 15.2 Å². The Hall–Kier alpha value is -3.16. The molecule has 0 spiro atoms. The summed E-state index contributed by atoms with van der Waals surface area (Å²) in [6, 6.07) is 13.8. The van der Waals surface area contributed by atoms with Gasteiger partial charge in [0.25, 0.3) is 5.91 Å². The highest BCUT2D eigenvalue weighted by Crippen LogP contribution is 2.40. The van der Waals surface area contributed by atoms with Crippen LogP contribution in [-0.4, -0.2) is 56.2 Å². The minimum absolute atomic E-state index is 0.226. The first-order valence-electron chi connectivity index (χ1n) is 13.1. The Kier molecular flexibility index (Phi) is 7.68. The molecule has 7 heteroatoms. The number of hydrazine groups is 1. The Labute approximate surface area is 213 Å². The molecule has 1 aliphatic carbocycles. The molecule has 0 unspecified atom stereocenters. The average Bonchev–Trinajstić information content (AvgIpc) is 3.16. The number of amides is 2. The fourth-order valence-corrected chi connectivity index (χ4v) is 5.45. The fourth-order valence-electron chi connectivity index (χ4n) is 5.45. The van der Waals surface area contributed by atoms with Crippen LogP contribution in [0.4, 0.5) is 5.69 Å². The second-order valence-electron chi connectivity index (χ2n) is 9.82. The van der Waals surface area contributed by atoms with Gasteiger partial charge in [0.05, 0.1) is 24.5 Å². The van der Waals surface area contributed by atoms with Gasteiger partial charge in [-0.2, -0.15) is 0 Å². The van der Waals surface area contributed by atoms with Crippen LogP contribution in [-0.2, 0) is 14.3 Å². The predicted molar refractivity (Wildman–Crippen MR) is 141 cm³/mol. The van der Waals surface area contributed by atoms with Crippen LogP contribution in [0.25, 0.3) is 11.6 Å². The second kappa shape index (κ2) is 11.3. The summed E-state index contributed by atoms with van der Waals surface area (Å²) < 4.78 is 11.8. The summed E-state index contributed by atoms with van der Waals surface area (Å²) in [6.07, 6.45) is 8.03. The first-order chi connectivity index (χ1) is 17.6. The molecule has 190 valence electrons. The van der Waals surface area contributed by atoms with Gasteiger partial charge in [0.2, 0.25) is 5.91 Å². The van der Waals surface area contributed by atoms with Crippen LogP contribution in [0.15, 0.2) is 42.5 Å². The Morgan fingerprint density at radius 2 is 1.89 bits per heavy atom. The molecule has 0 bridgehead atoms. The third-order valence-electron chi connectivity index (χ3n) is 7.30. The third kappa shape index (κ3) is 5.47. The maximum atomic E-state index is 13.3. The van der Waals surface area contributed by atoms with E-state index in [1.54, 1.807) is 0 Å². The Morgan fingerprint density at radius 1 is 1.11 bits per heavy atom. The van der Waals surface area contributed by atoms with Gasteiger partial charge in [0, 0.05) is 32.1 Å². The molecule has 7 nitrogen and oxygen atoms in total. The number of hydrogen-bond donors (Lipinski definition) is 1. The van der Waals surface area contributed by atoms with Gasteiger partial charge in [-0.3, -0.25) is 19.9 Å². The van der Waals surface area contributed by atoms with Crippen molar-refractivity contribution in [2.45, 2.75) is 44.9 Å². The first kappa shape index (κ1) is 24.5. The molecular weight excluding hydrogens is 454 g/mol. The molecule has 2 heterocycles. The number of anilines is 1. The zero-order chi connectivity index (χ0) is 24.9. The number of carbonyl (C=O) groups excluding carboxylic acids is 2. The smallest absolute Gasteiger partial charge is 0.277 e. The van der Waals surface area contributed by atoms with Crippen LogP contribution in [0.5, 0.6) is 5.75 Å². The van der Waals surface area contributed by atoms with E-state index >= 15 is 0 Å². The molecule has 1 N–H and O–H groups in total.